The van der Waals surface area contributed by atoms with Gasteiger partial charge in [0.25, 0.3) is 0 Å². The summed E-state index contributed by atoms with van der Waals surface area (Å²) < 4.78 is 0. The van der Waals surface area contributed by atoms with E-state index in [0.717, 1.165) is 32.5 Å². The Bertz CT molecular complexity index is 472. The molecule has 0 bridgehead atoms. The normalized spacial score (nSPS) is 25.3. The first-order valence-corrected chi connectivity index (χ1v) is 7.64. The number of piperidine rings is 1. The molecule has 2 heterocycles. The van der Waals surface area contributed by atoms with Crippen LogP contribution < -0.4 is 21.5 Å². The van der Waals surface area contributed by atoms with E-state index in [-0.39, 0.29) is 6.10 Å². The first kappa shape index (κ1) is 14.3. The molecule has 2 aliphatic rings. The van der Waals surface area contributed by atoms with Crippen molar-refractivity contribution in [3.8, 4) is 0 Å². The van der Waals surface area contributed by atoms with Crippen LogP contribution in [0.25, 0.3) is 0 Å². The van der Waals surface area contributed by atoms with E-state index in [4.69, 9.17) is 5.84 Å². The summed E-state index contributed by atoms with van der Waals surface area (Å²) in [6.07, 6.45) is 5.15. The number of nitrogen functional groups attached to an aromatic ring is 1. The zero-order valence-electron chi connectivity index (χ0n) is 12.1. The van der Waals surface area contributed by atoms with Crippen molar-refractivity contribution in [2.75, 3.05) is 35.3 Å². The van der Waals surface area contributed by atoms with E-state index in [1.54, 1.807) is 0 Å². The lowest BCUT2D eigenvalue weighted by Gasteiger charge is -2.31. The van der Waals surface area contributed by atoms with E-state index in [9.17, 15) is 5.11 Å². The number of aliphatic hydroxyl groups is 1. The Morgan fingerprint density at radius 1 is 1.10 bits per heavy atom. The van der Waals surface area contributed by atoms with Crippen molar-refractivity contribution in [2.45, 2.75) is 38.2 Å². The van der Waals surface area contributed by atoms with Crippen LogP contribution in [0.3, 0.4) is 0 Å². The summed E-state index contributed by atoms with van der Waals surface area (Å²) in [5, 5.41) is 12.5. The molecule has 0 spiro atoms. The highest BCUT2D eigenvalue weighted by molar-refractivity contribution is 5.43. The van der Waals surface area contributed by atoms with Crippen molar-refractivity contribution in [2.24, 2.45) is 11.8 Å². The SMILES string of the molecule is NNc1nc(NCC2CC(O)C2)nc(N2CCCCC2)n1. The maximum atomic E-state index is 9.31. The summed E-state index contributed by atoms with van der Waals surface area (Å²) in [6, 6.07) is 0. The fraction of sp³-hybridized carbons (Fsp3) is 0.769. The van der Waals surface area contributed by atoms with Gasteiger partial charge in [0.1, 0.15) is 0 Å². The molecular weight excluding hydrogens is 270 g/mol. The first-order valence-electron chi connectivity index (χ1n) is 7.64. The molecule has 1 saturated heterocycles. The van der Waals surface area contributed by atoms with Gasteiger partial charge in [0.2, 0.25) is 17.8 Å². The predicted octanol–water partition coefficient (Wildman–Crippen LogP) is 0.330. The van der Waals surface area contributed by atoms with E-state index in [1.807, 2.05) is 0 Å². The van der Waals surface area contributed by atoms with Gasteiger partial charge in [0, 0.05) is 19.6 Å². The molecule has 5 N–H and O–H groups in total. The van der Waals surface area contributed by atoms with Gasteiger partial charge in [0.05, 0.1) is 6.10 Å². The van der Waals surface area contributed by atoms with Crippen LogP contribution >= 0.6 is 0 Å². The summed E-state index contributed by atoms with van der Waals surface area (Å²) in [5.74, 6) is 7.53. The highest BCUT2D eigenvalue weighted by atomic mass is 16.3. The van der Waals surface area contributed by atoms with Crippen molar-refractivity contribution in [3.05, 3.63) is 0 Å². The van der Waals surface area contributed by atoms with Gasteiger partial charge >= 0.3 is 0 Å². The van der Waals surface area contributed by atoms with Crippen LogP contribution in [0.1, 0.15) is 32.1 Å². The van der Waals surface area contributed by atoms with Crippen molar-refractivity contribution in [1.29, 1.82) is 0 Å². The average Bonchev–Trinajstić information content (AvgIpc) is 2.51. The highest BCUT2D eigenvalue weighted by Crippen LogP contribution is 2.27. The number of aliphatic hydroxyl groups excluding tert-OH is 1. The zero-order chi connectivity index (χ0) is 14.7. The lowest BCUT2D eigenvalue weighted by atomic mass is 9.82. The van der Waals surface area contributed by atoms with Crippen LogP contribution in [0.15, 0.2) is 0 Å². The lowest BCUT2D eigenvalue weighted by Crippen LogP contribution is -2.34. The summed E-state index contributed by atoms with van der Waals surface area (Å²) in [5.41, 5.74) is 2.50. The maximum absolute atomic E-state index is 9.31. The molecule has 116 valence electrons. The number of nitrogens with one attached hydrogen (secondary N) is 2. The Balaban J connectivity index is 1.67. The van der Waals surface area contributed by atoms with Gasteiger partial charge in [-0.1, -0.05) is 0 Å². The molecule has 2 fully saturated rings. The van der Waals surface area contributed by atoms with Crippen LogP contribution in [0, 0.1) is 5.92 Å². The van der Waals surface area contributed by atoms with Gasteiger partial charge in [-0.3, -0.25) is 5.43 Å². The molecule has 1 aromatic rings. The quantitative estimate of drug-likeness (QED) is 0.454. The van der Waals surface area contributed by atoms with Gasteiger partial charge in [-0.05, 0) is 38.0 Å². The van der Waals surface area contributed by atoms with Gasteiger partial charge in [-0.25, -0.2) is 5.84 Å². The summed E-state index contributed by atoms with van der Waals surface area (Å²) in [7, 11) is 0. The van der Waals surface area contributed by atoms with E-state index < -0.39 is 0 Å². The number of anilines is 3. The summed E-state index contributed by atoms with van der Waals surface area (Å²) in [4.78, 5) is 15.2. The second-order valence-corrected chi connectivity index (χ2v) is 5.85. The molecule has 8 nitrogen and oxygen atoms in total. The van der Waals surface area contributed by atoms with Crippen LogP contribution in [-0.2, 0) is 0 Å². The van der Waals surface area contributed by atoms with Crippen LogP contribution in [0.4, 0.5) is 17.8 Å². The second-order valence-electron chi connectivity index (χ2n) is 5.85. The number of hydrogen-bond donors (Lipinski definition) is 4. The molecule has 21 heavy (non-hydrogen) atoms. The molecule has 0 aromatic carbocycles. The Kier molecular flexibility index (Phi) is 4.35. The molecule has 1 saturated carbocycles. The molecule has 0 amide bonds. The number of aromatic nitrogens is 3. The summed E-state index contributed by atoms with van der Waals surface area (Å²) in [6.45, 7) is 2.72. The van der Waals surface area contributed by atoms with Crippen molar-refractivity contribution in [3.63, 3.8) is 0 Å². The van der Waals surface area contributed by atoms with Crippen molar-refractivity contribution in [1.82, 2.24) is 15.0 Å². The Morgan fingerprint density at radius 3 is 2.48 bits per heavy atom. The van der Waals surface area contributed by atoms with E-state index >= 15 is 0 Å². The molecule has 8 heteroatoms. The molecule has 1 aliphatic carbocycles. The molecule has 1 aromatic heterocycles. The monoisotopic (exact) mass is 293 g/mol. The van der Waals surface area contributed by atoms with Gasteiger partial charge in [0.15, 0.2) is 0 Å². The number of rotatable bonds is 5. The topological polar surface area (TPSA) is 112 Å². The lowest BCUT2D eigenvalue weighted by molar-refractivity contribution is 0.0486. The fourth-order valence-electron chi connectivity index (χ4n) is 2.85. The molecular formula is C13H23N7O. The third-order valence-corrected chi connectivity index (χ3v) is 4.15. The highest BCUT2D eigenvalue weighted by Gasteiger charge is 2.27. The largest absolute Gasteiger partial charge is 0.393 e. The Morgan fingerprint density at radius 2 is 1.81 bits per heavy atom. The maximum Gasteiger partial charge on any atom is 0.243 e. The van der Waals surface area contributed by atoms with Crippen LogP contribution in [0.5, 0.6) is 0 Å². The third kappa shape index (κ3) is 3.51. The molecule has 0 atom stereocenters. The minimum atomic E-state index is -0.139. The zero-order valence-corrected chi connectivity index (χ0v) is 12.1. The Hall–Kier alpha value is -1.67. The van der Waals surface area contributed by atoms with Crippen molar-refractivity contribution >= 4 is 17.8 Å². The fourth-order valence-corrected chi connectivity index (χ4v) is 2.85. The average molecular weight is 293 g/mol. The van der Waals surface area contributed by atoms with Gasteiger partial charge in [-0.15, -0.1) is 0 Å². The minimum Gasteiger partial charge on any atom is -0.393 e. The number of hydrogen-bond acceptors (Lipinski definition) is 8. The van der Waals surface area contributed by atoms with Crippen LogP contribution in [-0.4, -0.2) is 45.8 Å². The van der Waals surface area contributed by atoms with Crippen molar-refractivity contribution < 1.29 is 5.11 Å². The smallest absolute Gasteiger partial charge is 0.243 e. The number of nitrogens with two attached hydrogens (primary N) is 1. The third-order valence-electron chi connectivity index (χ3n) is 4.15. The van der Waals surface area contributed by atoms with Crippen LogP contribution in [0.2, 0.25) is 0 Å². The number of hydrazine groups is 1. The molecule has 1 aliphatic heterocycles. The Labute approximate surface area is 124 Å². The van der Waals surface area contributed by atoms with E-state index in [0.29, 0.717) is 23.8 Å². The van der Waals surface area contributed by atoms with E-state index in [1.165, 1.54) is 19.3 Å². The molecule has 3 rings (SSSR count). The molecule has 0 unspecified atom stereocenters. The number of nitrogens with zero attached hydrogens (tertiary/aromatic N) is 4. The standard InChI is InChI=1S/C13H23N7O/c14-19-12-16-11(15-8-9-6-10(21)7-9)17-13(18-12)20-4-2-1-3-5-20/h9-10,21H,1-8,14H2,(H2,15,16,17,18,19). The molecule has 0 radical (unpaired) electrons. The van der Waals surface area contributed by atoms with Gasteiger partial charge in [-0.2, -0.15) is 15.0 Å². The second kappa shape index (κ2) is 6.40. The van der Waals surface area contributed by atoms with Gasteiger partial charge < -0.3 is 15.3 Å². The minimum absolute atomic E-state index is 0.139. The van der Waals surface area contributed by atoms with E-state index in [2.05, 4.69) is 30.6 Å². The summed E-state index contributed by atoms with van der Waals surface area (Å²) >= 11 is 0. The first-order chi connectivity index (χ1) is 10.2. The predicted molar refractivity (Wildman–Crippen MR) is 80.9 cm³/mol.